The molecule has 0 radical (unpaired) electrons. The number of imide groups is 1. The Labute approximate surface area is 194 Å². The number of hydrazine groups is 1. The Morgan fingerprint density at radius 2 is 1.56 bits per heavy atom. The molecule has 0 unspecified atom stereocenters. The van der Waals surface area contributed by atoms with E-state index in [1.54, 1.807) is 30.1 Å². The van der Waals surface area contributed by atoms with Gasteiger partial charge in [-0.15, -0.1) is 0 Å². The third-order valence-corrected chi connectivity index (χ3v) is 5.74. The van der Waals surface area contributed by atoms with E-state index >= 15 is 0 Å². The molecule has 1 aliphatic rings. The van der Waals surface area contributed by atoms with Gasteiger partial charge in [-0.05, 0) is 48.9 Å². The number of para-hydroxylation sites is 2. The molecule has 7 nitrogen and oxygen atoms in total. The molecule has 3 aromatic carbocycles. The van der Waals surface area contributed by atoms with Gasteiger partial charge in [0.15, 0.2) is 0 Å². The summed E-state index contributed by atoms with van der Waals surface area (Å²) in [6, 6.07) is 25.2. The second-order valence-corrected chi connectivity index (χ2v) is 8.41. The van der Waals surface area contributed by atoms with Gasteiger partial charge in [0.2, 0.25) is 0 Å². The van der Waals surface area contributed by atoms with Crippen LogP contribution in [-0.2, 0) is 15.1 Å². The van der Waals surface area contributed by atoms with Crippen LogP contribution < -0.4 is 15.8 Å². The van der Waals surface area contributed by atoms with E-state index in [9.17, 15) is 14.4 Å². The Hall–Kier alpha value is -3.65. The number of urea groups is 1. The zero-order valence-electron chi connectivity index (χ0n) is 17.3. The molecular formula is C24H21BrN4O3. The molecule has 1 saturated heterocycles. The van der Waals surface area contributed by atoms with Crippen LogP contribution in [0, 0.1) is 0 Å². The van der Waals surface area contributed by atoms with Crippen molar-refractivity contribution in [2.75, 3.05) is 11.6 Å². The molecule has 1 aliphatic heterocycles. The molecule has 4 rings (SSSR count). The van der Waals surface area contributed by atoms with Crippen LogP contribution in [0.15, 0.2) is 89.4 Å². The molecule has 3 aromatic rings. The second-order valence-electron chi connectivity index (χ2n) is 7.50. The van der Waals surface area contributed by atoms with Gasteiger partial charge in [-0.25, -0.2) is 4.79 Å². The first-order valence-electron chi connectivity index (χ1n) is 9.98. The van der Waals surface area contributed by atoms with Crippen LogP contribution in [0.5, 0.6) is 0 Å². The molecule has 0 aliphatic carbocycles. The average Bonchev–Trinajstić information content (AvgIpc) is 3.02. The minimum atomic E-state index is -1.25. The molecule has 0 saturated carbocycles. The summed E-state index contributed by atoms with van der Waals surface area (Å²) in [6.07, 6.45) is 0. The van der Waals surface area contributed by atoms with Crippen molar-refractivity contribution in [2.45, 2.75) is 12.5 Å². The summed E-state index contributed by atoms with van der Waals surface area (Å²) in [5.41, 5.74) is 3.66. The normalized spacial score (nSPS) is 17.8. The van der Waals surface area contributed by atoms with Crippen LogP contribution in [0.25, 0.3) is 0 Å². The summed E-state index contributed by atoms with van der Waals surface area (Å²) >= 11 is 3.39. The molecule has 0 bridgehead atoms. The fourth-order valence-electron chi connectivity index (χ4n) is 3.57. The van der Waals surface area contributed by atoms with Gasteiger partial charge in [0, 0.05) is 4.47 Å². The van der Waals surface area contributed by atoms with Gasteiger partial charge in [0.25, 0.3) is 11.8 Å². The highest BCUT2D eigenvalue weighted by Crippen LogP contribution is 2.30. The standard InChI is InChI=1S/C24H21BrN4O3/c1-24(17-9-8-10-18(25)15-17)22(31)28(23(32)26-24)16-21(30)27-29(19-11-4-2-5-12-19)20-13-6-3-7-14-20/h2-15H,16H2,1H3,(H,26,32)(H,27,30)/t24-/m0/s1. The van der Waals surface area contributed by atoms with Crippen molar-refractivity contribution in [3.8, 4) is 0 Å². The predicted molar refractivity (Wildman–Crippen MR) is 125 cm³/mol. The van der Waals surface area contributed by atoms with Crippen LogP contribution in [0.1, 0.15) is 12.5 Å². The molecule has 0 spiro atoms. The number of halogens is 1. The highest BCUT2D eigenvalue weighted by atomic mass is 79.9. The molecule has 0 aromatic heterocycles. The fraction of sp³-hybridized carbons (Fsp3) is 0.125. The van der Waals surface area contributed by atoms with E-state index in [2.05, 4.69) is 26.7 Å². The number of nitrogens with one attached hydrogen (secondary N) is 2. The number of carbonyl (C=O) groups is 3. The lowest BCUT2D eigenvalue weighted by molar-refractivity contribution is -0.134. The highest BCUT2D eigenvalue weighted by molar-refractivity contribution is 9.10. The number of anilines is 2. The first-order chi connectivity index (χ1) is 15.4. The number of amides is 4. The highest BCUT2D eigenvalue weighted by Gasteiger charge is 2.49. The van der Waals surface area contributed by atoms with Crippen molar-refractivity contribution >= 4 is 45.2 Å². The lowest BCUT2D eigenvalue weighted by Crippen LogP contribution is -2.47. The SMILES string of the molecule is C[C@@]1(c2cccc(Br)c2)NC(=O)N(CC(=O)NN(c2ccccc2)c2ccccc2)C1=O. The summed E-state index contributed by atoms with van der Waals surface area (Å²) in [4.78, 5) is 39.6. The van der Waals surface area contributed by atoms with E-state index < -0.39 is 29.9 Å². The summed E-state index contributed by atoms with van der Waals surface area (Å²) in [7, 11) is 0. The van der Waals surface area contributed by atoms with E-state index in [-0.39, 0.29) is 0 Å². The maximum Gasteiger partial charge on any atom is 0.325 e. The van der Waals surface area contributed by atoms with E-state index in [1.165, 1.54) is 0 Å². The smallest absolute Gasteiger partial charge is 0.319 e. The third-order valence-electron chi connectivity index (χ3n) is 5.24. The zero-order chi connectivity index (χ0) is 22.7. The van der Waals surface area contributed by atoms with Crippen molar-refractivity contribution in [3.05, 3.63) is 95.0 Å². The summed E-state index contributed by atoms with van der Waals surface area (Å²) in [5.74, 6) is -0.985. The van der Waals surface area contributed by atoms with Crippen molar-refractivity contribution < 1.29 is 14.4 Å². The molecule has 2 N–H and O–H groups in total. The van der Waals surface area contributed by atoms with Gasteiger partial charge in [0.1, 0.15) is 12.1 Å². The minimum absolute atomic E-state index is 0.412. The molecule has 32 heavy (non-hydrogen) atoms. The monoisotopic (exact) mass is 492 g/mol. The van der Waals surface area contributed by atoms with Crippen molar-refractivity contribution in [1.82, 2.24) is 15.6 Å². The van der Waals surface area contributed by atoms with E-state index in [0.717, 1.165) is 20.7 Å². The number of nitrogens with zero attached hydrogens (tertiary/aromatic N) is 2. The Bertz CT molecular complexity index is 1120. The molecule has 1 fully saturated rings. The summed E-state index contributed by atoms with van der Waals surface area (Å²) < 4.78 is 0.788. The summed E-state index contributed by atoms with van der Waals surface area (Å²) in [5, 5.41) is 4.34. The lowest BCUT2D eigenvalue weighted by Gasteiger charge is -2.26. The Kier molecular flexibility index (Phi) is 5.96. The van der Waals surface area contributed by atoms with Crippen LogP contribution in [0.2, 0.25) is 0 Å². The molecule has 1 heterocycles. The van der Waals surface area contributed by atoms with Crippen molar-refractivity contribution in [1.29, 1.82) is 0 Å². The molecular weight excluding hydrogens is 472 g/mol. The van der Waals surface area contributed by atoms with Crippen molar-refractivity contribution in [2.24, 2.45) is 0 Å². The van der Waals surface area contributed by atoms with Gasteiger partial charge in [-0.3, -0.25) is 24.9 Å². The topological polar surface area (TPSA) is 81.8 Å². The van der Waals surface area contributed by atoms with Crippen molar-refractivity contribution in [3.63, 3.8) is 0 Å². The molecule has 4 amide bonds. The Morgan fingerprint density at radius 3 is 2.12 bits per heavy atom. The van der Waals surface area contributed by atoms with Crippen LogP contribution in [0.4, 0.5) is 16.2 Å². The van der Waals surface area contributed by atoms with Crippen LogP contribution >= 0.6 is 15.9 Å². The Morgan fingerprint density at radius 1 is 0.969 bits per heavy atom. The number of rotatable bonds is 6. The fourth-order valence-corrected chi connectivity index (χ4v) is 3.97. The van der Waals surface area contributed by atoms with Crippen LogP contribution in [0.3, 0.4) is 0 Å². The quantitative estimate of drug-likeness (QED) is 0.401. The van der Waals surface area contributed by atoms with Gasteiger partial charge < -0.3 is 5.32 Å². The number of hydrogen-bond donors (Lipinski definition) is 2. The first-order valence-corrected chi connectivity index (χ1v) is 10.8. The van der Waals surface area contributed by atoms with Gasteiger partial charge in [-0.1, -0.05) is 64.5 Å². The molecule has 162 valence electrons. The third kappa shape index (κ3) is 4.22. The first kappa shape index (κ1) is 21.6. The van der Waals surface area contributed by atoms with Gasteiger partial charge >= 0.3 is 6.03 Å². The minimum Gasteiger partial charge on any atom is -0.319 e. The van der Waals surface area contributed by atoms with Gasteiger partial charge in [0.05, 0.1) is 11.4 Å². The number of benzene rings is 3. The Balaban J connectivity index is 1.54. The molecule has 1 atom stereocenters. The summed E-state index contributed by atoms with van der Waals surface area (Å²) in [6.45, 7) is 1.22. The second kappa shape index (κ2) is 8.84. The number of carbonyl (C=O) groups excluding carboxylic acids is 3. The predicted octanol–water partition coefficient (Wildman–Crippen LogP) is 4.09. The maximum atomic E-state index is 13.1. The van der Waals surface area contributed by atoms with Gasteiger partial charge in [-0.2, -0.15) is 0 Å². The number of hydrogen-bond acceptors (Lipinski definition) is 4. The van der Waals surface area contributed by atoms with E-state index in [1.807, 2.05) is 66.7 Å². The van der Waals surface area contributed by atoms with E-state index in [0.29, 0.717) is 5.56 Å². The maximum absolute atomic E-state index is 13.1. The lowest BCUT2D eigenvalue weighted by atomic mass is 9.92. The van der Waals surface area contributed by atoms with Crippen LogP contribution in [-0.4, -0.2) is 29.3 Å². The largest absolute Gasteiger partial charge is 0.325 e. The zero-order valence-corrected chi connectivity index (χ0v) is 18.9. The molecule has 8 heteroatoms. The van der Waals surface area contributed by atoms with E-state index in [4.69, 9.17) is 0 Å². The average molecular weight is 493 g/mol.